The van der Waals surface area contributed by atoms with Crippen LogP contribution in [0.3, 0.4) is 0 Å². The van der Waals surface area contributed by atoms with Crippen LogP contribution < -0.4 is 10.1 Å². The molecule has 0 saturated carbocycles. The fraction of sp³-hybridized carbons (Fsp3) is 0.250. The second kappa shape index (κ2) is 6.39. The first kappa shape index (κ1) is 13.7. The minimum Gasteiger partial charge on any atom is -0.481 e. The first-order valence-corrected chi connectivity index (χ1v) is 5.81. The molecule has 1 rings (SSSR count). The highest BCUT2D eigenvalue weighted by molar-refractivity contribution is 9.11. The van der Waals surface area contributed by atoms with Gasteiger partial charge in [-0.3, -0.25) is 4.79 Å². The van der Waals surface area contributed by atoms with Crippen LogP contribution in [-0.4, -0.2) is 18.6 Å². The summed E-state index contributed by atoms with van der Waals surface area (Å²) in [7, 11) is 0. The summed E-state index contributed by atoms with van der Waals surface area (Å²) in [6.45, 7) is 5.52. The topological polar surface area (TPSA) is 38.3 Å². The number of benzene rings is 1. The summed E-state index contributed by atoms with van der Waals surface area (Å²) in [5.41, 5.74) is 0. The molecule has 0 heterocycles. The van der Waals surface area contributed by atoms with Crippen molar-refractivity contribution in [2.24, 2.45) is 0 Å². The summed E-state index contributed by atoms with van der Waals surface area (Å²) in [4.78, 5) is 11.5. The lowest BCUT2D eigenvalue weighted by atomic mass is 10.3. The summed E-state index contributed by atoms with van der Waals surface area (Å²) >= 11 is 3.13. The van der Waals surface area contributed by atoms with Crippen LogP contribution in [0.4, 0.5) is 4.39 Å². The highest BCUT2D eigenvalue weighted by Gasteiger charge is 2.14. The highest BCUT2D eigenvalue weighted by atomic mass is 79.9. The molecule has 0 aliphatic carbocycles. The Labute approximate surface area is 108 Å². The van der Waals surface area contributed by atoms with Gasteiger partial charge in [0.15, 0.2) is 6.10 Å². The third-order valence-corrected chi connectivity index (χ3v) is 2.21. The Morgan fingerprint density at radius 1 is 1.65 bits per heavy atom. The maximum atomic E-state index is 12.9. The van der Waals surface area contributed by atoms with E-state index in [9.17, 15) is 9.18 Å². The Morgan fingerprint density at radius 2 is 2.35 bits per heavy atom. The summed E-state index contributed by atoms with van der Waals surface area (Å²) in [5.74, 6) is -0.357. The third-order valence-electron chi connectivity index (χ3n) is 1.93. The maximum absolute atomic E-state index is 12.9. The van der Waals surface area contributed by atoms with Gasteiger partial charge in [0.2, 0.25) is 0 Å². The molecule has 92 valence electrons. The van der Waals surface area contributed by atoms with Crippen molar-refractivity contribution in [1.29, 1.82) is 0 Å². The van der Waals surface area contributed by atoms with Gasteiger partial charge in [-0.25, -0.2) is 4.39 Å². The van der Waals surface area contributed by atoms with E-state index in [0.717, 1.165) is 0 Å². The van der Waals surface area contributed by atoms with Crippen LogP contribution in [0, 0.1) is 5.82 Å². The largest absolute Gasteiger partial charge is 0.481 e. The Kier molecular flexibility index (Phi) is 5.15. The molecule has 3 nitrogen and oxygen atoms in total. The van der Waals surface area contributed by atoms with Gasteiger partial charge in [0.25, 0.3) is 5.91 Å². The van der Waals surface area contributed by atoms with Crippen LogP contribution >= 0.6 is 15.9 Å². The van der Waals surface area contributed by atoms with Crippen LogP contribution in [0.5, 0.6) is 5.75 Å². The number of carbonyl (C=O) groups excluding carboxylic acids is 1. The second-order valence-electron chi connectivity index (χ2n) is 3.45. The number of hydrogen-bond donors (Lipinski definition) is 1. The molecule has 0 saturated heterocycles. The third kappa shape index (κ3) is 4.99. The first-order valence-electron chi connectivity index (χ1n) is 5.02. The zero-order chi connectivity index (χ0) is 12.8. The van der Waals surface area contributed by atoms with Gasteiger partial charge in [0.05, 0.1) is 0 Å². The predicted molar refractivity (Wildman–Crippen MR) is 67.6 cm³/mol. The number of hydrogen-bond acceptors (Lipinski definition) is 2. The van der Waals surface area contributed by atoms with Gasteiger partial charge in [-0.1, -0.05) is 28.6 Å². The molecule has 0 aliphatic heterocycles. The minimum absolute atomic E-state index is 0.283. The standard InChI is InChI=1S/C12H13BrFNO2/c1-8(13)7-15-12(16)9(2)17-11-5-3-4-10(14)6-11/h3-6,9H,1,7H2,2H3,(H,15,16). The average Bonchev–Trinajstić information content (AvgIpc) is 2.25. The lowest BCUT2D eigenvalue weighted by molar-refractivity contribution is -0.127. The Balaban J connectivity index is 2.51. The molecule has 1 amide bonds. The summed E-state index contributed by atoms with van der Waals surface area (Å²) in [6, 6.07) is 5.66. The molecule has 1 aromatic rings. The van der Waals surface area contributed by atoms with E-state index in [-0.39, 0.29) is 5.91 Å². The first-order chi connectivity index (χ1) is 7.99. The fourth-order valence-electron chi connectivity index (χ4n) is 1.12. The molecular formula is C12H13BrFNO2. The Hall–Kier alpha value is -1.36. The Bertz CT molecular complexity index is 423. The molecule has 0 radical (unpaired) electrons. The van der Waals surface area contributed by atoms with Crippen molar-refractivity contribution >= 4 is 21.8 Å². The number of nitrogens with one attached hydrogen (secondary N) is 1. The minimum atomic E-state index is -0.691. The predicted octanol–water partition coefficient (Wildman–Crippen LogP) is 2.62. The quantitative estimate of drug-likeness (QED) is 0.908. The van der Waals surface area contributed by atoms with Crippen LogP contribution in [-0.2, 0) is 4.79 Å². The molecule has 0 bridgehead atoms. The summed E-state index contributed by atoms with van der Waals surface area (Å²) in [5, 5.41) is 2.61. The van der Waals surface area contributed by atoms with Crippen molar-refractivity contribution in [1.82, 2.24) is 5.32 Å². The van der Waals surface area contributed by atoms with Gasteiger partial charge >= 0.3 is 0 Å². The van der Waals surface area contributed by atoms with Crippen molar-refractivity contribution in [3.05, 3.63) is 41.1 Å². The van der Waals surface area contributed by atoms with Gasteiger partial charge < -0.3 is 10.1 Å². The van der Waals surface area contributed by atoms with Crippen molar-refractivity contribution in [2.75, 3.05) is 6.54 Å². The van der Waals surface area contributed by atoms with Crippen molar-refractivity contribution in [3.8, 4) is 5.75 Å². The van der Waals surface area contributed by atoms with Gasteiger partial charge in [0, 0.05) is 17.1 Å². The molecule has 0 spiro atoms. The fourth-order valence-corrected chi connectivity index (χ4v) is 1.26. The van der Waals surface area contributed by atoms with E-state index in [0.29, 0.717) is 16.8 Å². The zero-order valence-electron chi connectivity index (χ0n) is 9.37. The molecule has 0 aliphatic rings. The molecule has 0 aromatic heterocycles. The van der Waals surface area contributed by atoms with Crippen molar-refractivity contribution < 1.29 is 13.9 Å². The van der Waals surface area contributed by atoms with Gasteiger partial charge in [0.1, 0.15) is 11.6 Å². The number of carbonyl (C=O) groups is 1. The van der Waals surface area contributed by atoms with Crippen molar-refractivity contribution in [3.63, 3.8) is 0 Å². The van der Waals surface area contributed by atoms with E-state index >= 15 is 0 Å². The van der Waals surface area contributed by atoms with E-state index in [1.807, 2.05) is 0 Å². The molecular weight excluding hydrogens is 289 g/mol. The van der Waals surface area contributed by atoms with Gasteiger partial charge in [-0.05, 0) is 19.1 Å². The van der Waals surface area contributed by atoms with E-state index in [2.05, 4.69) is 27.8 Å². The monoisotopic (exact) mass is 301 g/mol. The molecule has 17 heavy (non-hydrogen) atoms. The Morgan fingerprint density at radius 3 is 2.94 bits per heavy atom. The molecule has 1 aromatic carbocycles. The molecule has 1 N–H and O–H groups in total. The van der Waals surface area contributed by atoms with Gasteiger partial charge in [-0.2, -0.15) is 0 Å². The van der Waals surface area contributed by atoms with Crippen LogP contribution in [0.25, 0.3) is 0 Å². The van der Waals surface area contributed by atoms with Crippen LogP contribution in [0.1, 0.15) is 6.92 Å². The van der Waals surface area contributed by atoms with Crippen molar-refractivity contribution in [2.45, 2.75) is 13.0 Å². The van der Waals surface area contributed by atoms with Crippen LogP contribution in [0.15, 0.2) is 35.3 Å². The number of ether oxygens (including phenoxy) is 1. The molecule has 1 unspecified atom stereocenters. The zero-order valence-corrected chi connectivity index (χ0v) is 11.0. The number of halogens is 2. The second-order valence-corrected chi connectivity index (χ2v) is 4.57. The lowest BCUT2D eigenvalue weighted by Gasteiger charge is -2.14. The number of amides is 1. The molecule has 5 heteroatoms. The number of rotatable bonds is 5. The average molecular weight is 302 g/mol. The van der Waals surface area contributed by atoms with E-state index in [1.165, 1.54) is 18.2 Å². The maximum Gasteiger partial charge on any atom is 0.261 e. The summed E-state index contributed by atoms with van der Waals surface area (Å²) in [6.07, 6.45) is -0.691. The SMILES string of the molecule is C=C(Br)CNC(=O)C(C)Oc1cccc(F)c1. The highest BCUT2D eigenvalue weighted by Crippen LogP contribution is 2.13. The van der Waals surface area contributed by atoms with E-state index in [1.54, 1.807) is 13.0 Å². The van der Waals surface area contributed by atoms with E-state index in [4.69, 9.17) is 4.74 Å². The van der Waals surface area contributed by atoms with Crippen LogP contribution in [0.2, 0.25) is 0 Å². The normalized spacial score (nSPS) is 11.7. The smallest absolute Gasteiger partial charge is 0.261 e. The van der Waals surface area contributed by atoms with Gasteiger partial charge in [-0.15, -0.1) is 0 Å². The lowest BCUT2D eigenvalue weighted by Crippen LogP contribution is -2.36. The molecule has 0 fully saturated rings. The van der Waals surface area contributed by atoms with E-state index < -0.39 is 11.9 Å². The molecule has 1 atom stereocenters. The summed E-state index contributed by atoms with van der Waals surface area (Å²) < 4.78 is 18.8.